The van der Waals surface area contributed by atoms with Crippen LogP contribution in [-0.2, 0) is 23.9 Å². The van der Waals surface area contributed by atoms with Gasteiger partial charge in [-0.1, -0.05) is 52.7 Å². The lowest BCUT2D eigenvalue weighted by molar-refractivity contribution is -0.143. The van der Waals surface area contributed by atoms with Gasteiger partial charge in [0.25, 0.3) is 0 Å². The van der Waals surface area contributed by atoms with Gasteiger partial charge in [-0.3, -0.25) is 19.4 Å². The van der Waals surface area contributed by atoms with Crippen molar-refractivity contribution in [3.63, 3.8) is 0 Å². The first-order chi connectivity index (χ1) is 20.5. The maximum absolute atomic E-state index is 13.1. The topological polar surface area (TPSA) is 159 Å². The van der Waals surface area contributed by atoms with Crippen LogP contribution in [0.25, 0.3) is 0 Å². The van der Waals surface area contributed by atoms with Crippen molar-refractivity contribution in [1.82, 2.24) is 9.80 Å². The molecule has 248 valence electrons. The van der Waals surface area contributed by atoms with Crippen molar-refractivity contribution in [3.8, 4) is 0 Å². The molecule has 1 aromatic rings. The largest absolute Gasteiger partial charge is 0.478 e. The number of carboxylic acid groups (broad SMARTS) is 2. The summed E-state index contributed by atoms with van der Waals surface area (Å²) in [5.74, 6) is -1.19. The Morgan fingerprint density at radius 2 is 1.50 bits per heavy atom. The van der Waals surface area contributed by atoms with Gasteiger partial charge in [-0.15, -0.1) is 0 Å². The summed E-state index contributed by atoms with van der Waals surface area (Å²) in [5, 5.41) is 15.6. The second-order valence-corrected chi connectivity index (χ2v) is 11.7. The summed E-state index contributed by atoms with van der Waals surface area (Å²) in [5.41, 5.74) is 2.46. The number of aliphatic carboxylic acids is 2. The highest BCUT2D eigenvalue weighted by Crippen LogP contribution is 2.35. The number of rotatable bonds is 14. The van der Waals surface area contributed by atoms with E-state index in [4.69, 9.17) is 14.9 Å². The number of anilines is 1. The molecule has 1 unspecified atom stereocenters. The minimum Gasteiger partial charge on any atom is -0.478 e. The van der Waals surface area contributed by atoms with E-state index in [1.165, 1.54) is 31.2 Å². The number of nitrogens with zero attached hydrogens (tertiary/aromatic N) is 3. The van der Waals surface area contributed by atoms with Gasteiger partial charge in [-0.2, -0.15) is 0 Å². The minimum absolute atomic E-state index is 0. The molecule has 0 bridgehead atoms. The van der Waals surface area contributed by atoms with Crippen molar-refractivity contribution < 1.29 is 39.6 Å². The van der Waals surface area contributed by atoms with E-state index in [1.807, 2.05) is 18.7 Å². The Morgan fingerprint density at radius 3 is 1.98 bits per heavy atom. The van der Waals surface area contributed by atoms with E-state index in [1.54, 1.807) is 0 Å². The number of carboxylic acids is 2. The third kappa shape index (κ3) is 14.0. The summed E-state index contributed by atoms with van der Waals surface area (Å²) in [6.45, 7) is 14.2. The number of ether oxygens (including phenoxy) is 1. The number of carbonyl (C=O) groups excluding carboxylic acids is 2. The van der Waals surface area contributed by atoms with E-state index in [0.717, 1.165) is 51.4 Å². The molecule has 1 aliphatic carbocycles. The molecule has 44 heavy (non-hydrogen) atoms. The molecule has 11 heteroatoms. The van der Waals surface area contributed by atoms with E-state index in [2.05, 4.69) is 47.9 Å². The first-order valence-corrected chi connectivity index (χ1v) is 15.7. The Hall–Kier alpha value is -3.28. The molecule has 0 radical (unpaired) electrons. The number of piperazine rings is 1. The quantitative estimate of drug-likeness (QED) is 0.232. The zero-order valence-electron chi connectivity index (χ0n) is 26.9. The molecular weight excluding hydrogens is 566 g/mol. The highest BCUT2D eigenvalue weighted by Gasteiger charge is 2.28. The van der Waals surface area contributed by atoms with Crippen molar-refractivity contribution >= 4 is 29.5 Å². The van der Waals surface area contributed by atoms with Crippen LogP contribution < -0.4 is 4.90 Å². The van der Waals surface area contributed by atoms with Crippen LogP contribution >= 0.6 is 0 Å². The Bertz CT molecular complexity index is 1030. The maximum atomic E-state index is 13.1. The zero-order valence-corrected chi connectivity index (χ0v) is 26.9. The lowest BCUT2D eigenvalue weighted by atomic mass is 9.97. The lowest BCUT2D eigenvalue weighted by Gasteiger charge is -2.41. The molecule has 1 heterocycles. The van der Waals surface area contributed by atoms with Crippen molar-refractivity contribution in [2.24, 2.45) is 5.92 Å². The summed E-state index contributed by atoms with van der Waals surface area (Å²) in [4.78, 5) is 50.5. The number of carbonyl (C=O) groups is 4. The summed E-state index contributed by atoms with van der Waals surface area (Å²) in [6, 6.07) is 9.18. The highest BCUT2D eigenvalue weighted by atomic mass is 16.5. The van der Waals surface area contributed by atoms with Crippen molar-refractivity contribution in [1.29, 1.82) is 0 Å². The van der Waals surface area contributed by atoms with Gasteiger partial charge < -0.3 is 25.3 Å². The van der Waals surface area contributed by atoms with E-state index >= 15 is 0 Å². The Morgan fingerprint density at radius 1 is 0.932 bits per heavy atom. The van der Waals surface area contributed by atoms with Gasteiger partial charge in [-0.05, 0) is 48.8 Å². The van der Waals surface area contributed by atoms with Gasteiger partial charge in [0.05, 0.1) is 0 Å². The SMILES string of the molecule is CCC(=O)OCCN1CCN(C(CC(C)C)CN(C(=O)CC)c2ccc(C3CCCC3)cc2)CC1.O.O=C(O)/C=C\C(=O)O. The number of hydrogen-bond acceptors (Lipinski definition) is 7. The van der Waals surface area contributed by atoms with E-state index in [0.29, 0.717) is 49.5 Å². The maximum Gasteiger partial charge on any atom is 0.328 e. The predicted molar refractivity (Wildman–Crippen MR) is 171 cm³/mol. The molecule has 3 rings (SSSR count). The number of amides is 1. The average Bonchev–Trinajstić information content (AvgIpc) is 3.53. The van der Waals surface area contributed by atoms with E-state index in [9.17, 15) is 19.2 Å². The van der Waals surface area contributed by atoms with Crippen LogP contribution in [-0.4, -0.2) is 101 Å². The summed E-state index contributed by atoms with van der Waals surface area (Å²) in [7, 11) is 0. The van der Waals surface area contributed by atoms with Crippen LogP contribution in [0.2, 0.25) is 0 Å². The van der Waals surface area contributed by atoms with E-state index in [-0.39, 0.29) is 17.4 Å². The molecule has 1 amide bonds. The Kier molecular flexibility index (Phi) is 18.2. The van der Waals surface area contributed by atoms with Gasteiger partial charge in [0.1, 0.15) is 6.61 Å². The molecule has 0 spiro atoms. The highest BCUT2D eigenvalue weighted by molar-refractivity contribution is 5.93. The Balaban J connectivity index is 0.000000947. The van der Waals surface area contributed by atoms with Gasteiger partial charge in [0.15, 0.2) is 0 Å². The fourth-order valence-corrected chi connectivity index (χ4v) is 5.71. The number of benzene rings is 1. The molecule has 1 saturated heterocycles. The monoisotopic (exact) mass is 619 g/mol. The van der Waals surface area contributed by atoms with E-state index < -0.39 is 11.9 Å². The minimum atomic E-state index is -1.26. The van der Waals surface area contributed by atoms with Crippen LogP contribution in [0.5, 0.6) is 0 Å². The first-order valence-electron chi connectivity index (χ1n) is 15.7. The second kappa shape index (κ2) is 20.6. The summed E-state index contributed by atoms with van der Waals surface area (Å²) in [6.07, 6.45) is 8.39. The molecule has 4 N–H and O–H groups in total. The summed E-state index contributed by atoms with van der Waals surface area (Å²) >= 11 is 0. The van der Waals surface area contributed by atoms with Crippen LogP contribution in [0, 0.1) is 5.92 Å². The first kappa shape index (κ1) is 38.7. The molecule has 1 saturated carbocycles. The molecule has 2 aliphatic rings. The number of esters is 1. The van der Waals surface area contributed by atoms with Gasteiger partial charge >= 0.3 is 17.9 Å². The number of hydrogen-bond donors (Lipinski definition) is 2. The normalized spacial score (nSPS) is 16.6. The molecule has 2 fully saturated rings. The van der Waals surface area contributed by atoms with Crippen LogP contribution in [0.3, 0.4) is 0 Å². The Labute approximate surface area is 262 Å². The van der Waals surface area contributed by atoms with Crippen LogP contribution in [0.4, 0.5) is 5.69 Å². The fraction of sp³-hybridized carbons (Fsp3) is 0.636. The van der Waals surface area contributed by atoms with Crippen LogP contribution in [0.15, 0.2) is 36.4 Å². The fourth-order valence-electron chi connectivity index (χ4n) is 5.71. The van der Waals surface area contributed by atoms with Gasteiger partial charge in [0, 0.05) is 76.0 Å². The van der Waals surface area contributed by atoms with Gasteiger partial charge in [-0.25, -0.2) is 9.59 Å². The predicted octanol–water partition coefficient (Wildman–Crippen LogP) is 3.96. The molecule has 1 aliphatic heterocycles. The third-order valence-electron chi connectivity index (χ3n) is 8.02. The average molecular weight is 620 g/mol. The third-order valence-corrected chi connectivity index (χ3v) is 8.02. The van der Waals surface area contributed by atoms with Crippen molar-refractivity contribution in [2.45, 2.75) is 84.6 Å². The molecule has 1 aromatic carbocycles. The molecule has 1 atom stereocenters. The summed E-state index contributed by atoms with van der Waals surface area (Å²) < 4.78 is 5.26. The van der Waals surface area contributed by atoms with Crippen molar-refractivity contribution in [2.75, 3.05) is 50.8 Å². The molecule has 0 aromatic heterocycles. The molecular formula is C33H53N3O8. The van der Waals surface area contributed by atoms with Crippen LogP contribution in [0.1, 0.15) is 84.1 Å². The van der Waals surface area contributed by atoms with Crippen molar-refractivity contribution in [3.05, 3.63) is 42.0 Å². The smallest absolute Gasteiger partial charge is 0.328 e. The second-order valence-electron chi connectivity index (χ2n) is 11.7. The van der Waals surface area contributed by atoms with Gasteiger partial charge in [0.2, 0.25) is 5.91 Å². The standard InChI is InChI=1S/C29H47N3O3.C4H4O4.H2O/c1-5-28(33)32(26-13-11-25(12-14-26)24-9-7-8-10-24)22-27(21-23(3)4)31-17-15-30(16-18-31)19-20-35-29(34)6-2;5-3(6)1-2-4(7)8;/h11-14,23-24,27H,5-10,15-22H2,1-4H3;1-2H,(H,5,6)(H,7,8);1H2/b;2-1-;. The lowest BCUT2D eigenvalue weighted by Crippen LogP contribution is -2.54. The zero-order chi connectivity index (χ0) is 31.8. The molecule has 11 nitrogen and oxygen atoms in total.